The molecule has 0 rings (SSSR count). The summed E-state index contributed by atoms with van der Waals surface area (Å²) in [6.07, 6.45) is 13.6. The van der Waals surface area contributed by atoms with Gasteiger partial charge in [0.2, 0.25) is 0 Å². The highest BCUT2D eigenvalue weighted by Crippen LogP contribution is 2.60. The first-order chi connectivity index (χ1) is 8.10. The molecular weight excluding hydrogens is 239 g/mol. The SMILES string of the molecule is CCCC[P+](CCCC)(CCCC)C[SiH](C)C. The molecule has 0 radical (unpaired) electrons. The molecule has 0 amide bonds. The summed E-state index contributed by atoms with van der Waals surface area (Å²) in [4.78, 5) is 0. The van der Waals surface area contributed by atoms with Crippen molar-refractivity contribution >= 4 is 16.1 Å². The fourth-order valence-electron chi connectivity index (χ4n) is 2.86. The number of unbranched alkanes of at least 4 members (excludes halogenated alkanes) is 3. The van der Waals surface area contributed by atoms with Gasteiger partial charge >= 0.3 is 0 Å². The minimum Gasteiger partial charge on any atom is -0.0689 e. The Labute approximate surface area is 113 Å². The number of rotatable bonds is 11. The van der Waals surface area contributed by atoms with Crippen LogP contribution in [0, 0.1) is 0 Å². The normalized spacial score (nSPS) is 12.4. The molecular formula is C15H36PSi+. The molecule has 0 nitrogen and oxygen atoms in total. The van der Waals surface area contributed by atoms with Crippen molar-refractivity contribution in [2.24, 2.45) is 0 Å². The molecule has 0 atom stereocenters. The van der Waals surface area contributed by atoms with Crippen molar-refractivity contribution in [1.82, 2.24) is 0 Å². The highest BCUT2D eigenvalue weighted by molar-refractivity contribution is 7.77. The predicted octanol–water partition coefficient (Wildman–Crippen LogP) is 5.43. The van der Waals surface area contributed by atoms with Crippen LogP contribution >= 0.6 is 7.26 Å². The van der Waals surface area contributed by atoms with Gasteiger partial charge in [-0.2, -0.15) is 0 Å². The summed E-state index contributed by atoms with van der Waals surface area (Å²) < 4.78 is 0. The quantitative estimate of drug-likeness (QED) is 0.348. The van der Waals surface area contributed by atoms with Gasteiger partial charge in [0.05, 0.1) is 27.3 Å². The minimum atomic E-state index is -0.540. The molecule has 17 heavy (non-hydrogen) atoms. The van der Waals surface area contributed by atoms with E-state index in [4.69, 9.17) is 0 Å². The summed E-state index contributed by atoms with van der Waals surface area (Å²) >= 11 is 0. The zero-order valence-corrected chi connectivity index (χ0v) is 15.1. The van der Waals surface area contributed by atoms with Crippen LogP contribution in [0.25, 0.3) is 0 Å². The van der Waals surface area contributed by atoms with Gasteiger partial charge in [-0.05, 0) is 19.3 Å². The third-order valence-corrected chi connectivity index (χ3v) is 13.5. The molecule has 0 spiro atoms. The maximum atomic E-state index is 2.57. The number of hydrogen-bond donors (Lipinski definition) is 0. The second-order valence-electron chi connectivity index (χ2n) is 6.15. The van der Waals surface area contributed by atoms with Crippen LogP contribution in [0.1, 0.15) is 59.3 Å². The van der Waals surface area contributed by atoms with E-state index >= 15 is 0 Å². The summed E-state index contributed by atoms with van der Waals surface area (Å²) in [5, 5.41) is 0. The van der Waals surface area contributed by atoms with Gasteiger partial charge in [0.25, 0.3) is 0 Å². The molecule has 0 aliphatic rings. The second kappa shape index (κ2) is 10.6. The zero-order chi connectivity index (χ0) is 13.1. The molecule has 0 aliphatic carbocycles. The van der Waals surface area contributed by atoms with E-state index in [-0.39, 0.29) is 8.80 Å². The Morgan fingerprint density at radius 2 is 1.06 bits per heavy atom. The average Bonchev–Trinajstić information content (AvgIpc) is 2.30. The van der Waals surface area contributed by atoms with Crippen molar-refractivity contribution in [2.75, 3.05) is 24.3 Å². The Balaban J connectivity index is 4.51. The van der Waals surface area contributed by atoms with Crippen molar-refractivity contribution in [3.05, 3.63) is 0 Å². The van der Waals surface area contributed by atoms with Crippen LogP contribution < -0.4 is 0 Å². The summed E-state index contributed by atoms with van der Waals surface area (Å²) in [6, 6.07) is 0. The number of hydrogen-bond acceptors (Lipinski definition) is 0. The summed E-state index contributed by atoms with van der Waals surface area (Å²) in [5.41, 5.74) is 0. The molecule has 0 bridgehead atoms. The zero-order valence-electron chi connectivity index (χ0n) is 13.1. The molecule has 0 heterocycles. The van der Waals surface area contributed by atoms with E-state index in [0.29, 0.717) is 0 Å². The van der Waals surface area contributed by atoms with E-state index < -0.39 is 7.26 Å². The van der Waals surface area contributed by atoms with Crippen molar-refractivity contribution in [1.29, 1.82) is 0 Å². The largest absolute Gasteiger partial charge is 0.0760 e. The van der Waals surface area contributed by atoms with Crippen molar-refractivity contribution in [3.8, 4) is 0 Å². The highest BCUT2D eigenvalue weighted by atomic mass is 31.2. The van der Waals surface area contributed by atoms with Crippen LogP contribution in [-0.2, 0) is 0 Å². The maximum Gasteiger partial charge on any atom is 0.0760 e. The van der Waals surface area contributed by atoms with Crippen LogP contribution in [-0.4, -0.2) is 33.1 Å². The average molecular weight is 276 g/mol. The topological polar surface area (TPSA) is 0 Å². The van der Waals surface area contributed by atoms with Gasteiger partial charge in [-0.15, -0.1) is 0 Å². The fraction of sp³-hybridized carbons (Fsp3) is 1.00. The maximum absolute atomic E-state index is 2.57. The fourth-order valence-corrected chi connectivity index (χ4v) is 14.9. The van der Waals surface area contributed by atoms with Gasteiger partial charge in [-0.3, -0.25) is 0 Å². The predicted molar refractivity (Wildman–Crippen MR) is 90.0 cm³/mol. The monoisotopic (exact) mass is 275 g/mol. The Kier molecular flexibility index (Phi) is 11.0. The Morgan fingerprint density at radius 1 is 0.706 bits per heavy atom. The molecule has 0 aliphatic heterocycles. The lowest BCUT2D eigenvalue weighted by molar-refractivity contribution is 0.837. The third-order valence-electron chi connectivity index (χ3n) is 3.71. The molecule has 0 saturated carbocycles. The van der Waals surface area contributed by atoms with E-state index in [2.05, 4.69) is 33.9 Å². The third kappa shape index (κ3) is 8.38. The smallest absolute Gasteiger partial charge is 0.0689 e. The van der Waals surface area contributed by atoms with Crippen LogP contribution in [0.5, 0.6) is 0 Å². The standard InChI is InChI=1S/C15H36PSi/c1-6-9-12-16(13-10-7-2,14-11-8-3)15-17(4)5/h17H,6-15H2,1-5H3/q+1. The lowest BCUT2D eigenvalue weighted by Gasteiger charge is -2.29. The van der Waals surface area contributed by atoms with Crippen molar-refractivity contribution in [2.45, 2.75) is 72.4 Å². The molecule has 0 aromatic carbocycles. The highest BCUT2D eigenvalue weighted by Gasteiger charge is 2.35. The second-order valence-corrected chi connectivity index (χ2v) is 14.4. The Morgan fingerprint density at radius 3 is 1.29 bits per heavy atom. The molecule has 2 heteroatoms. The molecule has 0 N–H and O–H groups in total. The summed E-state index contributed by atoms with van der Waals surface area (Å²) in [5.74, 6) is 1.70. The van der Waals surface area contributed by atoms with Crippen LogP contribution in [0.4, 0.5) is 0 Å². The van der Waals surface area contributed by atoms with Gasteiger partial charge in [0.15, 0.2) is 0 Å². The van der Waals surface area contributed by atoms with Crippen LogP contribution in [0.2, 0.25) is 13.1 Å². The molecule has 0 aromatic rings. The first-order valence-corrected chi connectivity index (χ1v) is 13.6. The summed E-state index contributed by atoms with van der Waals surface area (Å²) in [7, 11) is -0.914. The van der Waals surface area contributed by atoms with Gasteiger partial charge in [0, 0.05) is 13.0 Å². The van der Waals surface area contributed by atoms with Crippen LogP contribution in [0.3, 0.4) is 0 Å². The first-order valence-electron chi connectivity index (χ1n) is 7.95. The first kappa shape index (κ1) is 17.6. The van der Waals surface area contributed by atoms with E-state index in [1.54, 1.807) is 24.3 Å². The van der Waals surface area contributed by atoms with Gasteiger partial charge in [-0.25, -0.2) is 0 Å². The molecule has 104 valence electrons. The van der Waals surface area contributed by atoms with Gasteiger partial charge in [-0.1, -0.05) is 53.1 Å². The van der Waals surface area contributed by atoms with Crippen molar-refractivity contribution in [3.63, 3.8) is 0 Å². The lowest BCUT2D eigenvalue weighted by Crippen LogP contribution is -2.20. The van der Waals surface area contributed by atoms with E-state index in [9.17, 15) is 0 Å². The molecule has 0 fully saturated rings. The van der Waals surface area contributed by atoms with E-state index in [1.807, 2.05) is 0 Å². The lowest BCUT2D eigenvalue weighted by atomic mass is 10.4. The van der Waals surface area contributed by atoms with E-state index in [1.165, 1.54) is 38.5 Å². The molecule has 0 saturated heterocycles. The Hall–Kier alpha value is 0.647. The van der Waals surface area contributed by atoms with Gasteiger partial charge < -0.3 is 0 Å². The summed E-state index contributed by atoms with van der Waals surface area (Å²) in [6.45, 7) is 12.2. The minimum absolute atomic E-state index is 0.374. The van der Waals surface area contributed by atoms with Crippen LogP contribution in [0.15, 0.2) is 0 Å². The van der Waals surface area contributed by atoms with E-state index in [0.717, 1.165) is 0 Å². The molecule has 0 aromatic heterocycles. The van der Waals surface area contributed by atoms with Gasteiger partial charge in [0.1, 0.15) is 0 Å². The Bertz CT molecular complexity index is 147. The van der Waals surface area contributed by atoms with Crippen molar-refractivity contribution < 1.29 is 0 Å². The molecule has 0 unspecified atom stereocenters.